The van der Waals surface area contributed by atoms with Gasteiger partial charge in [0.2, 0.25) is 5.91 Å². The standard InChI is InChI=1S/C13H26N2O2/c1-4-14(9-10-16)13(17)12-7-5-6-8-15(12)11(2)3/h11-12,16H,4-10H2,1-3H3. The smallest absolute Gasteiger partial charge is 0.240 e. The van der Waals surface area contributed by atoms with Gasteiger partial charge in [-0.05, 0) is 40.2 Å². The van der Waals surface area contributed by atoms with E-state index < -0.39 is 0 Å². The molecule has 0 aliphatic carbocycles. The number of rotatable bonds is 5. The van der Waals surface area contributed by atoms with Crippen LogP contribution in [0.4, 0.5) is 0 Å². The second-order valence-corrected chi connectivity index (χ2v) is 4.98. The van der Waals surface area contributed by atoms with E-state index in [1.54, 1.807) is 4.90 Å². The highest BCUT2D eigenvalue weighted by Gasteiger charge is 2.32. The fraction of sp³-hybridized carbons (Fsp3) is 0.923. The summed E-state index contributed by atoms with van der Waals surface area (Å²) in [6.45, 7) is 8.47. The van der Waals surface area contributed by atoms with E-state index in [1.807, 2.05) is 6.92 Å². The zero-order chi connectivity index (χ0) is 12.8. The maximum absolute atomic E-state index is 12.4. The molecule has 0 aromatic carbocycles. The van der Waals surface area contributed by atoms with Crippen molar-refractivity contribution in [3.05, 3.63) is 0 Å². The Morgan fingerprint density at radius 1 is 1.47 bits per heavy atom. The van der Waals surface area contributed by atoms with Gasteiger partial charge in [0.15, 0.2) is 0 Å². The summed E-state index contributed by atoms with van der Waals surface area (Å²) in [6, 6.07) is 0.437. The van der Waals surface area contributed by atoms with Crippen LogP contribution in [0, 0.1) is 0 Å². The summed E-state index contributed by atoms with van der Waals surface area (Å²) in [5, 5.41) is 8.98. The van der Waals surface area contributed by atoms with Crippen LogP contribution in [0.5, 0.6) is 0 Å². The van der Waals surface area contributed by atoms with Crippen LogP contribution < -0.4 is 0 Å². The monoisotopic (exact) mass is 242 g/mol. The van der Waals surface area contributed by atoms with Crippen molar-refractivity contribution in [2.75, 3.05) is 26.2 Å². The Kier molecular flexibility index (Phi) is 5.92. The highest BCUT2D eigenvalue weighted by Crippen LogP contribution is 2.21. The molecule has 1 atom stereocenters. The molecule has 0 aromatic heterocycles. The van der Waals surface area contributed by atoms with E-state index in [0.29, 0.717) is 19.1 Å². The van der Waals surface area contributed by atoms with Crippen molar-refractivity contribution >= 4 is 5.91 Å². The molecule has 1 unspecified atom stereocenters. The molecule has 0 radical (unpaired) electrons. The second-order valence-electron chi connectivity index (χ2n) is 4.98. The first-order chi connectivity index (χ1) is 8.11. The third kappa shape index (κ3) is 3.68. The van der Waals surface area contributed by atoms with Crippen molar-refractivity contribution in [2.24, 2.45) is 0 Å². The van der Waals surface area contributed by atoms with E-state index in [-0.39, 0.29) is 18.6 Å². The summed E-state index contributed by atoms with van der Waals surface area (Å²) >= 11 is 0. The largest absolute Gasteiger partial charge is 0.395 e. The quantitative estimate of drug-likeness (QED) is 0.785. The molecule has 1 aliphatic rings. The predicted molar refractivity (Wildman–Crippen MR) is 68.8 cm³/mol. The van der Waals surface area contributed by atoms with Gasteiger partial charge in [-0.3, -0.25) is 9.69 Å². The Labute approximate surface area is 105 Å². The van der Waals surface area contributed by atoms with Crippen LogP contribution in [-0.4, -0.2) is 59.1 Å². The average molecular weight is 242 g/mol. The normalized spacial score (nSPS) is 21.8. The van der Waals surface area contributed by atoms with Gasteiger partial charge < -0.3 is 10.0 Å². The Morgan fingerprint density at radius 2 is 2.18 bits per heavy atom. The van der Waals surface area contributed by atoms with E-state index >= 15 is 0 Å². The van der Waals surface area contributed by atoms with Crippen LogP contribution >= 0.6 is 0 Å². The number of piperidine rings is 1. The van der Waals surface area contributed by atoms with E-state index in [4.69, 9.17) is 5.11 Å². The number of hydrogen-bond acceptors (Lipinski definition) is 3. The number of aliphatic hydroxyl groups is 1. The molecule has 0 spiro atoms. The van der Waals surface area contributed by atoms with Crippen LogP contribution in [-0.2, 0) is 4.79 Å². The van der Waals surface area contributed by atoms with Crippen LogP contribution in [0.3, 0.4) is 0 Å². The van der Waals surface area contributed by atoms with Crippen LogP contribution in [0.15, 0.2) is 0 Å². The van der Waals surface area contributed by atoms with Crippen molar-refractivity contribution in [1.29, 1.82) is 0 Å². The zero-order valence-electron chi connectivity index (χ0n) is 11.4. The Balaban J connectivity index is 2.69. The zero-order valence-corrected chi connectivity index (χ0v) is 11.4. The number of carbonyl (C=O) groups is 1. The lowest BCUT2D eigenvalue weighted by Crippen LogP contribution is -2.53. The molecule has 0 aromatic rings. The number of nitrogens with zero attached hydrogens (tertiary/aromatic N) is 2. The molecule has 1 N–H and O–H groups in total. The minimum Gasteiger partial charge on any atom is -0.395 e. The first kappa shape index (κ1) is 14.5. The van der Waals surface area contributed by atoms with Crippen LogP contribution in [0.1, 0.15) is 40.0 Å². The van der Waals surface area contributed by atoms with Gasteiger partial charge in [0, 0.05) is 19.1 Å². The fourth-order valence-electron chi connectivity index (χ4n) is 2.59. The van der Waals surface area contributed by atoms with Gasteiger partial charge in [0.1, 0.15) is 0 Å². The molecule has 4 nitrogen and oxygen atoms in total. The van der Waals surface area contributed by atoms with Gasteiger partial charge in [0.05, 0.1) is 12.6 Å². The summed E-state index contributed by atoms with van der Waals surface area (Å²) < 4.78 is 0. The van der Waals surface area contributed by atoms with Gasteiger partial charge >= 0.3 is 0 Å². The SMILES string of the molecule is CCN(CCO)C(=O)C1CCCCN1C(C)C. The highest BCUT2D eigenvalue weighted by atomic mass is 16.3. The van der Waals surface area contributed by atoms with E-state index in [2.05, 4.69) is 18.7 Å². The molecular weight excluding hydrogens is 216 g/mol. The molecule has 0 saturated carbocycles. The number of carbonyl (C=O) groups excluding carboxylic acids is 1. The topological polar surface area (TPSA) is 43.8 Å². The van der Waals surface area contributed by atoms with Crippen molar-refractivity contribution < 1.29 is 9.90 Å². The van der Waals surface area contributed by atoms with E-state index in [1.165, 1.54) is 6.42 Å². The number of likely N-dealkylation sites (tertiary alicyclic amines) is 1. The van der Waals surface area contributed by atoms with E-state index in [9.17, 15) is 4.79 Å². The Bertz CT molecular complexity index is 244. The molecule has 4 heteroatoms. The third-order valence-electron chi connectivity index (χ3n) is 3.56. The predicted octanol–water partition coefficient (Wildman–Crippen LogP) is 1.09. The van der Waals surface area contributed by atoms with Gasteiger partial charge in [0.25, 0.3) is 0 Å². The summed E-state index contributed by atoms with van der Waals surface area (Å²) in [5.74, 6) is 0.190. The first-order valence-corrected chi connectivity index (χ1v) is 6.77. The minimum atomic E-state index is 0.0234. The van der Waals surface area contributed by atoms with Crippen molar-refractivity contribution in [3.8, 4) is 0 Å². The van der Waals surface area contributed by atoms with Crippen molar-refractivity contribution in [3.63, 3.8) is 0 Å². The number of amides is 1. The Hall–Kier alpha value is -0.610. The number of aliphatic hydroxyl groups excluding tert-OH is 1. The van der Waals surface area contributed by atoms with Gasteiger partial charge in [-0.25, -0.2) is 0 Å². The van der Waals surface area contributed by atoms with Crippen LogP contribution in [0.25, 0.3) is 0 Å². The van der Waals surface area contributed by atoms with Crippen LogP contribution in [0.2, 0.25) is 0 Å². The lowest BCUT2D eigenvalue weighted by Gasteiger charge is -2.39. The molecule has 100 valence electrons. The Morgan fingerprint density at radius 3 is 2.71 bits per heavy atom. The minimum absolute atomic E-state index is 0.0234. The molecule has 0 bridgehead atoms. The molecule has 1 aliphatic heterocycles. The molecule has 1 amide bonds. The summed E-state index contributed by atoms with van der Waals surface area (Å²) in [6.07, 6.45) is 3.28. The molecule has 1 heterocycles. The maximum Gasteiger partial charge on any atom is 0.240 e. The number of likely N-dealkylation sites (N-methyl/N-ethyl adjacent to an activating group) is 1. The second kappa shape index (κ2) is 6.97. The summed E-state index contributed by atoms with van der Waals surface area (Å²) in [5.41, 5.74) is 0. The van der Waals surface area contributed by atoms with Crippen molar-refractivity contribution in [2.45, 2.75) is 52.1 Å². The molecule has 1 rings (SSSR count). The molecule has 17 heavy (non-hydrogen) atoms. The third-order valence-corrected chi connectivity index (χ3v) is 3.56. The number of hydrogen-bond donors (Lipinski definition) is 1. The van der Waals surface area contributed by atoms with E-state index in [0.717, 1.165) is 19.4 Å². The summed E-state index contributed by atoms with van der Waals surface area (Å²) in [7, 11) is 0. The first-order valence-electron chi connectivity index (χ1n) is 6.77. The maximum atomic E-state index is 12.4. The average Bonchev–Trinajstić information content (AvgIpc) is 2.35. The van der Waals surface area contributed by atoms with Gasteiger partial charge in [-0.15, -0.1) is 0 Å². The van der Waals surface area contributed by atoms with Gasteiger partial charge in [-0.1, -0.05) is 6.42 Å². The highest BCUT2D eigenvalue weighted by molar-refractivity contribution is 5.82. The van der Waals surface area contributed by atoms with Crippen molar-refractivity contribution in [1.82, 2.24) is 9.80 Å². The summed E-state index contributed by atoms with van der Waals surface area (Å²) in [4.78, 5) is 16.5. The van der Waals surface area contributed by atoms with Gasteiger partial charge in [-0.2, -0.15) is 0 Å². The molecule has 1 saturated heterocycles. The fourth-order valence-corrected chi connectivity index (χ4v) is 2.59. The molecule has 1 fully saturated rings. The molecular formula is C13H26N2O2. The lowest BCUT2D eigenvalue weighted by atomic mass is 9.99. The lowest BCUT2D eigenvalue weighted by molar-refractivity contribution is -0.139.